The summed E-state index contributed by atoms with van der Waals surface area (Å²) < 4.78 is 0. The summed E-state index contributed by atoms with van der Waals surface area (Å²) in [4.78, 5) is 13.7. The normalized spacial score (nSPS) is 20.2. The number of anilines is 1. The number of amides is 2. The van der Waals surface area contributed by atoms with Crippen molar-refractivity contribution in [2.75, 3.05) is 11.4 Å². The van der Waals surface area contributed by atoms with Crippen LogP contribution in [0.25, 0.3) is 0 Å². The Morgan fingerprint density at radius 2 is 1.94 bits per heavy atom. The standard InChI is InChI=1S/C14H17N2O/c17-14-15-12-8-4-5-9-13(12)16(14)10-11-6-2-1-3-7-11/h4-5,8-9,11H,1-3,6-7,10H2. The first-order chi connectivity index (χ1) is 8.34. The summed E-state index contributed by atoms with van der Waals surface area (Å²) in [5.41, 5.74) is 1.82. The number of urea groups is 1. The molecule has 1 aromatic carbocycles. The molecule has 1 aliphatic heterocycles. The zero-order valence-electron chi connectivity index (χ0n) is 9.93. The maximum Gasteiger partial charge on any atom is 0.348 e. The Bertz CT molecular complexity index is 424. The fraction of sp³-hybridized carbons (Fsp3) is 0.500. The van der Waals surface area contributed by atoms with E-state index < -0.39 is 0 Å². The van der Waals surface area contributed by atoms with Gasteiger partial charge in [0, 0.05) is 6.54 Å². The molecule has 1 radical (unpaired) electrons. The number of fused-ring (bicyclic) bond motifs is 1. The van der Waals surface area contributed by atoms with Crippen LogP contribution in [0.2, 0.25) is 0 Å². The largest absolute Gasteiger partial charge is 0.348 e. The molecule has 1 heterocycles. The lowest BCUT2D eigenvalue weighted by Crippen LogP contribution is -2.34. The minimum absolute atomic E-state index is 0.0863. The Kier molecular flexibility index (Phi) is 2.75. The highest BCUT2D eigenvalue weighted by Crippen LogP contribution is 2.34. The van der Waals surface area contributed by atoms with E-state index in [1.54, 1.807) is 0 Å². The Balaban J connectivity index is 1.76. The average molecular weight is 229 g/mol. The van der Waals surface area contributed by atoms with Crippen LogP contribution in [0.3, 0.4) is 0 Å². The molecular formula is C14H17N2O. The summed E-state index contributed by atoms with van der Waals surface area (Å²) in [6, 6.07) is 7.72. The molecule has 0 saturated heterocycles. The van der Waals surface area contributed by atoms with E-state index in [4.69, 9.17) is 0 Å². The van der Waals surface area contributed by atoms with Gasteiger partial charge in [0.25, 0.3) is 0 Å². The number of hydrogen-bond donors (Lipinski definition) is 0. The molecule has 0 spiro atoms. The zero-order valence-corrected chi connectivity index (χ0v) is 9.93. The molecule has 2 aliphatic rings. The van der Waals surface area contributed by atoms with Gasteiger partial charge < -0.3 is 0 Å². The first-order valence-corrected chi connectivity index (χ1v) is 6.47. The fourth-order valence-corrected chi connectivity index (χ4v) is 2.86. The summed E-state index contributed by atoms with van der Waals surface area (Å²) in [5.74, 6) is 0.661. The van der Waals surface area contributed by atoms with E-state index in [0.29, 0.717) is 5.92 Å². The van der Waals surface area contributed by atoms with Crippen molar-refractivity contribution in [2.24, 2.45) is 5.92 Å². The van der Waals surface area contributed by atoms with Crippen molar-refractivity contribution in [3.8, 4) is 0 Å². The van der Waals surface area contributed by atoms with Gasteiger partial charge in [-0.15, -0.1) is 0 Å². The van der Waals surface area contributed by atoms with E-state index in [1.807, 2.05) is 29.2 Å². The number of hydrogen-bond acceptors (Lipinski definition) is 1. The molecule has 0 aromatic heterocycles. The Morgan fingerprint density at radius 3 is 2.76 bits per heavy atom. The van der Waals surface area contributed by atoms with E-state index in [2.05, 4.69) is 5.32 Å². The van der Waals surface area contributed by atoms with Crippen molar-refractivity contribution in [1.82, 2.24) is 5.32 Å². The number of nitrogens with zero attached hydrogens (tertiary/aromatic N) is 2. The molecule has 17 heavy (non-hydrogen) atoms. The van der Waals surface area contributed by atoms with E-state index in [0.717, 1.165) is 17.9 Å². The van der Waals surface area contributed by atoms with Crippen molar-refractivity contribution >= 4 is 17.4 Å². The molecule has 3 nitrogen and oxygen atoms in total. The third-order valence-corrected chi connectivity index (χ3v) is 3.79. The van der Waals surface area contributed by atoms with Crippen LogP contribution in [0, 0.1) is 5.92 Å². The van der Waals surface area contributed by atoms with Gasteiger partial charge in [-0.1, -0.05) is 31.4 Å². The lowest BCUT2D eigenvalue weighted by atomic mass is 9.89. The number of carbonyl (C=O) groups is 1. The Hall–Kier alpha value is -1.51. The van der Waals surface area contributed by atoms with Crippen LogP contribution in [0.1, 0.15) is 32.1 Å². The van der Waals surface area contributed by atoms with Gasteiger partial charge in [-0.25, -0.2) is 4.79 Å². The van der Waals surface area contributed by atoms with Crippen molar-refractivity contribution < 1.29 is 4.79 Å². The second kappa shape index (κ2) is 4.40. The predicted octanol–water partition coefficient (Wildman–Crippen LogP) is 3.44. The summed E-state index contributed by atoms with van der Waals surface area (Å²) in [5, 5.41) is 4.09. The third kappa shape index (κ3) is 2.02. The average Bonchev–Trinajstić information content (AvgIpc) is 2.68. The van der Waals surface area contributed by atoms with Gasteiger partial charge in [-0.2, -0.15) is 5.32 Å². The van der Waals surface area contributed by atoms with Crippen LogP contribution < -0.4 is 10.2 Å². The molecule has 0 unspecified atom stereocenters. The molecule has 1 fully saturated rings. The Morgan fingerprint density at radius 1 is 1.18 bits per heavy atom. The molecular weight excluding hydrogens is 212 g/mol. The van der Waals surface area contributed by atoms with E-state index in [1.165, 1.54) is 32.1 Å². The quantitative estimate of drug-likeness (QED) is 0.764. The van der Waals surface area contributed by atoms with Gasteiger partial charge in [0.2, 0.25) is 0 Å². The molecule has 0 atom stereocenters. The first-order valence-electron chi connectivity index (χ1n) is 6.47. The van der Waals surface area contributed by atoms with Crippen molar-refractivity contribution in [3.63, 3.8) is 0 Å². The maximum absolute atomic E-state index is 11.9. The fourth-order valence-electron chi connectivity index (χ4n) is 2.86. The van der Waals surface area contributed by atoms with Crippen LogP contribution in [0.5, 0.6) is 0 Å². The van der Waals surface area contributed by atoms with Gasteiger partial charge in [0.05, 0.1) is 11.4 Å². The number of benzene rings is 1. The topological polar surface area (TPSA) is 34.4 Å². The van der Waals surface area contributed by atoms with Crippen LogP contribution >= 0.6 is 0 Å². The van der Waals surface area contributed by atoms with E-state index >= 15 is 0 Å². The zero-order chi connectivity index (χ0) is 11.7. The SMILES string of the molecule is O=C1[N]c2ccccc2N1CC1CCCCC1. The smallest absolute Gasteiger partial charge is 0.290 e. The minimum atomic E-state index is -0.0863. The minimum Gasteiger partial charge on any atom is -0.290 e. The van der Waals surface area contributed by atoms with Crippen LogP contribution in [0.15, 0.2) is 24.3 Å². The van der Waals surface area contributed by atoms with Crippen molar-refractivity contribution in [2.45, 2.75) is 32.1 Å². The third-order valence-electron chi connectivity index (χ3n) is 3.79. The van der Waals surface area contributed by atoms with E-state index in [9.17, 15) is 4.79 Å². The summed E-state index contributed by atoms with van der Waals surface area (Å²) in [6.07, 6.45) is 6.49. The number of carbonyl (C=O) groups excluding carboxylic acids is 1. The summed E-state index contributed by atoms with van der Waals surface area (Å²) >= 11 is 0. The van der Waals surface area contributed by atoms with Crippen molar-refractivity contribution in [3.05, 3.63) is 24.3 Å². The second-order valence-electron chi connectivity index (χ2n) is 5.00. The molecule has 1 aromatic rings. The van der Waals surface area contributed by atoms with Crippen LogP contribution in [-0.4, -0.2) is 12.6 Å². The molecule has 0 N–H and O–H groups in total. The molecule has 1 aliphatic carbocycles. The molecule has 0 bridgehead atoms. The van der Waals surface area contributed by atoms with Gasteiger partial charge in [-0.05, 0) is 30.9 Å². The van der Waals surface area contributed by atoms with Gasteiger partial charge in [0.1, 0.15) is 0 Å². The summed E-state index contributed by atoms with van der Waals surface area (Å²) in [7, 11) is 0. The maximum atomic E-state index is 11.9. The molecule has 1 saturated carbocycles. The van der Waals surface area contributed by atoms with Crippen molar-refractivity contribution in [1.29, 1.82) is 0 Å². The second-order valence-corrected chi connectivity index (χ2v) is 5.00. The Labute approximate surface area is 102 Å². The van der Waals surface area contributed by atoms with E-state index in [-0.39, 0.29) is 6.03 Å². The number of para-hydroxylation sites is 2. The van der Waals surface area contributed by atoms with Crippen LogP contribution in [-0.2, 0) is 0 Å². The molecule has 3 heteroatoms. The molecule has 3 rings (SSSR count). The highest BCUT2D eigenvalue weighted by molar-refractivity contribution is 6.04. The molecule has 2 amide bonds. The lowest BCUT2D eigenvalue weighted by Gasteiger charge is -2.26. The highest BCUT2D eigenvalue weighted by Gasteiger charge is 2.30. The van der Waals surface area contributed by atoms with Gasteiger partial charge >= 0.3 is 6.03 Å². The summed E-state index contributed by atoms with van der Waals surface area (Å²) in [6.45, 7) is 0.847. The van der Waals surface area contributed by atoms with Gasteiger partial charge in [0.15, 0.2) is 0 Å². The first kappa shape index (κ1) is 10.6. The molecule has 89 valence electrons. The van der Waals surface area contributed by atoms with Crippen LogP contribution in [0.4, 0.5) is 16.2 Å². The number of rotatable bonds is 2. The monoisotopic (exact) mass is 229 g/mol. The lowest BCUT2D eigenvalue weighted by molar-refractivity contribution is 0.248. The highest BCUT2D eigenvalue weighted by atomic mass is 16.2. The van der Waals surface area contributed by atoms with Gasteiger partial charge in [-0.3, -0.25) is 4.90 Å². The predicted molar refractivity (Wildman–Crippen MR) is 67.6 cm³/mol.